The molecule has 3 nitrogen and oxygen atoms in total. The standard InChI is InChI=1S/C21H15NO2/c22-16-21(17-10-4-1-5-11-17,18-12-6-2-7-13-18)20(23)24-19-14-8-3-9-15-19/h1-15H. The fourth-order valence-electron chi connectivity index (χ4n) is 2.63. The van der Waals surface area contributed by atoms with Gasteiger partial charge in [0.2, 0.25) is 5.41 Å². The second-order valence-electron chi connectivity index (χ2n) is 5.30. The lowest BCUT2D eigenvalue weighted by atomic mass is 9.75. The molecule has 116 valence electrons. The van der Waals surface area contributed by atoms with Crippen molar-refractivity contribution in [3.63, 3.8) is 0 Å². The summed E-state index contributed by atoms with van der Waals surface area (Å²) in [6, 6.07) is 29.0. The van der Waals surface area contributed by atoms with Crippen LogP contribution in [0.5, 0.6) is 5.75 Å². The van der Waals surface area contributed by atoms with Crippen LogP contribution in [0.2, 0.25) is 0 Å². The number of benzene rings is 3. The molecule has 0 aromatic heterocycles. The molecule has 24 heavy (non-hydrogen) atoms. The molecule has 3 rings (SSSR count). The number of ether oxygens (including phenoxy) is 1. The van der Waals surface area contributed by atoms with Gasteiger partial charge in [-0.1, -0.05) is 78.9 Å². The maximum absolute atomic E-state index is 13.0. The number of nitrogens with zero attached hydrogens (tertiary/aromatic N) is 1. The van der Waals surface area contributed by atoms with Crippen molar-refractivity contribution < 1.29 is 9.53 Å². The fraction of sp³-hybridized carbons (Fsp3) is 0.0476. The minimum absolute atomic E-state index is 0.411. The Morgan fingerprint density at radius 2 is 1.17 bits per heavy atom. The molecule has 0 amide bonds. The van der Waals surface area contributed by atoms with Crippen LogP contribution in [0.15, 0.2) is 91.0 Å². The lowest BCUT2D eigenvalue weighted by molar-refractivity contribution is -0.137. The van der Waals surface area contributed by atoms with E-state index in [-0.39, 0.29) is 0 Å². The third kappa shape index (κ3) is 2.78. The number of rotatable bonds is 4. The van der Waals surface area contributed by atoms with Gasteiger partial charge in [-0.05, 0) is 23.3 Å². The average molecular weight is 313 g/mol. The maximum atomic E-state index is 13.0. The molecule has 3 aromatic rings. The Bertz CT molecular complexity index is 813. The summed E-state index contributed by atoms with van der Waals surface area (Å²) in [6.45, 7) is 0. The molecule has 3 aromatic carbocycles. The van der Waals surface area contributed by atoms with Crippen LogP contribution >= 0.6 is 0 Å². The molecule has 0 atom stereocenters. The summed E-state index contributed by atoms with van der Waals surface area (Å²) in [5.74, 6) is -0.206. The van der Waals surface area contributed by atoms with Gasteiger partial charge in [0.1, 0.15) is 5.75 Å². The fourth-order valence-corrected chi connectivity index (χ4v) is 2.63. The second kappa shape index (κ2) is 6.80. The molecule has 0 fully saturated rings. The Morgan fingerprint density at radius 3 is 1.58 bits per heavy atom. The van der Waals surface area contributed by atoms with E-state index in [0.29, 0.717) is 16.9 Å². The lowest BCUT2D eigenvalue weighted by Crippen LogP contribution is -2.39. The van der Waals surface area contributed by atoms with Crippen molar-refractivity contribution in [2.24, 2.45) is 0 Å². The Labute approximate surface area is 140 Å². The van der Waals surface area contributed by atoms with E-state index in [1.165, 1.54) is 0 Å². The van der Waals surface area contributed by atoms with Crippen LogP contribution in [0.3, 0.4) is 0 Å². The molecule has 0 heterocycles. The molecule has 0 saturated carbocycles. The van der Waals surface area contributed by atoms with Gasteiger partial charge in [-0.2, -0.15) is 5.26 Å². The summed E-state index contributed by atoms with van der Waals surface area (Å²) >= 11 is 0. The molecule has 0 radical (unpaired) electrons. The van der Waals surface area contributed by atoms with Crippen LogP contribution in [-0.2, 0) is 10.2 Å². The highest BCUT2D eigenvalue weighted by Gasteiger charge is 2.44. The van der Waals surface area contributed by atoms with Gasteiger partial charge in [-0.25, -0.2) is 4.79 Å². The molecule has 0 bridgehead atoms. The van der Waals surface area contributed by atoms with Crippen molar-refractivity contribution in [2.45, 2.75) is 5.41 Å². The third-order valence-corrected chi connectivity index (χ3v) is 3.84. The number of esters is 1. The average Bonchev–Trinajstić information content (AvgIpc) is 2.65. The van der Waals surface area contributed by atoms with Gasteiger partial charge in [0, 0.05) is 0 Å². The normalized spacial score (nSPS) is 10.6. The number of hydrogen-bond donors (Lipinski definition) is 0. The van der Waals surface area contributed by atoms with E-state index >= 15 is 0 Å². The smallest absolute Gasteiger partial charge is 0.341 e. The van der Waals surface area contributed by atoms with E-state index in [2.05, 4.69) is 6.07 Å². The van der Waals surface area contributed by atoms with Crippen LogP contribution in [0, 0.1) is 11.3 Å². The molecule has 0 unspecified atom stereocenters. The van der Waals surface area contributed by atoms with Crippen LogP contribution in [0.4, 0.5) is 0 Å². The third-order valence-electron chi connectivity index (χ3n) is 3.84. The molecule has 3 heteroatoms. The van der Waals surface area contributed by atoms with E-state index in [0.717, 1.165) is 0 Å². The van der Waals surface area contributed by atoms with E-state index in [4.69, 9.17) is 4.74 Å². The van der Waals surface area contributed by atoms with E-state index in [1.54, 1.807) is 72.8 Å². The summed E-state index contributed by atoms with van der Waals surface area (Å²) in [7, 11) is 0. The zero-order valence-electron chi connectivity index (χ0n) is 12.9. The summed E-state index contributed by atoms with van der Waals surface area (Å²) in [5.41, 5.74) is -0.350. The first kappa shape index (κ1) is 15.5. The first-order valence-corrected chi connectivity index (χ1v) is 7.57. The second-order valence-corrected chi connectivity index (χ2v) is 5.30. The monoisotopic (exact) mass is 313 g/mol. The van der Waals surface area contributed by atoms with Crippen molar-refractivity contribution in [1.82, 2.24) is 0 Å². The van der Waals surface area contributed by atoms with E-state index < -0.39 is 11.4 Å². The van der Waals surface area contributed by atoms with E-state index in [1.807, 2.05) is 18.2 Å². The van der Waals surface area contributed by atoms with Gasteiger partial charge in [-0.3, -0.25) is 0 Å². The summed E-state index contributed by atoms with van der Waals surface area (Å²) in [4.78, 5) is 13.0. The number of para-hydroxylation sites is 1. The van der Waals surface area contributed by atoms with Crippen molar-refractivity contribution in [1.29, 1.82) is 5.26 Å². The predicted octanol–water partition coefficient (Wildman–Crippen LogP) is 4.10. The molecule has 0 aliphatic carbocycles. The minimum Gasteiger partial charge on any atom is -0.425 e. The van der Waals surface area contributed by atoms with Crippen molar-refractivity contribution in [3.05, 3.63) is 102 Å². The molecule has 0 N–H and O–H groups in total. The zero-order valence-corrected chi connectivity index (χ0v) is 12.9. The Kier molecular flexibility index (Phi) is 4.40. The van der Waals surface area contributed by atoms with Gasteiger partial charge in [-0.15, -0.1) is 0 Å². The zero-order chi connectivity index (χ0) is 16.8. The van der Waals surface area contributed by atoms with Crippen LogP contribution in [-0.4, -0.2) is 5.97 Å². The Hall–Kier alpha value is -3.38. The van der Waals surface area contributed by atoms with Crippen molar-refractivity contribution >= 4 is 5.97 Å². The van der Waals surface area contributed by atoms with Gasteiger partial charge in [0.25, 0.3) is 0 Å². The van der Waals surface area contributed by atoms with Crippen molar-refractivity contribution in [3.8, 4) is 11.8 Å². The van der Waals surface area contributed by atoms with Crippen LogP contribution < -0.4 is 4.74 Å². The maximum Gasteiger partial charge on any atom is 0.341 e. The number of nitriles is 1. The first-order valence-electron chi connectivity index (χ1n) is 7.57. The van der Waals surface area contributed by atoms with Crippen LogP contribution in [0.1, 0.15) is 11.1 Å². The number of carbonyl (C=O) groups excluding carboxylic acids is 1. The van der Waals surface area contributed by atoms with Gasteiger partial charge in [0.15, 0.2) is 0 Å². The molecular formula is C21H15NO2. The summed E-state index contributed by atoms with van der Waals surface area (Å²) < 4.78 is 5.52. The minimum atomic E-state index is -1.52. The predicted molar refractivity (Wildman–Crippen MR) is 91.4 cm³/mol. The van der Waals surface area contributed by atoms with Gasteiger partial charge < -0.3 is 4.74 Å². The molecule has 0 aliphatic heterocycles. The van der Waals surface area contributed by atoms with E-state index in [9.17, 15) is 10.1 Å². The largest absolute Gasteiger partial charge is 0.425 e. The first-order chi connectivity index (χ1) is 11.8. The molecule has 0 spiro atoms. The number of hydrogen-bond acceptors (Lipinski definition) is 3. The van der Waals surface area contributed by atoms with Crippen molar-refractivity contribution in [2.75, 3.05) is 0 Å². The van der Waals surface area contributed by atoms with Gasteiger partial charge >= 0.3 is 5.97 Å². The Balaban J connectivity index is 2.12. The number of carbonyl (C=O) groups is 1. The molecule has 0 saturated heterocycles. The SMILES string of the molecule is N#CC(C(=O)Oc1ccccc1)(c1ccccc1)c1ccccc1. The lowest BCUT2D eigenvalue weighted by Gasteiger charge is -2.25. The highest BCUT2D eigenvalue weighted by molar-refractivity contribution is 5.92. The molecule has 0 aliphatic rings. The summed E-state index contributed by atoms with van der Waals surface area (Å²) in [6.07, 6.45) is 0. The molecular weight excluding hydrogens is 298 g/mol. The topological polar surface area (TPSA) is 50.1 Å². The highest BCUT2D eigenvalue weighted by Crippen LogP contribution is 2.33. The highest BCUT2D eigenvalue weighted by atomic mass is 16.5. The summed E-state index contributed by atoms with van der Waals surface area (Å²) in [5, 5.41) is 9.98. The van der Waals surface area contributed by atoms with Gasteiger partial charge in [0.05, 0.1) is 6.07 Å². The quantitative estimate of drug-likeness (QED) is 0.538. The van der Waals surface area contributed by atoms with Crippen LogP contribution in [0.25, 0.3) is 0 Å². The Morgan fingerprint density at radius 1 is 0.750 bits per heavy atom.